The number of hydrogen-bond donors (Lipinski definition) is 4. The zero-order chi connectivity index (χ0) is 27.0. The van der Waals surface area contributed by atoms with Crippen LogP contribution in [0.1, 0.15) is 11.1 Å². The van der Waals surface area contributed by atoms with E-state index >= 15 is 0 Å². The molecule has 3 rings (SSSR count). The van der Waals surface area contributed by atoms with Gasteiger partial charge < -0.3 is 30.3 Å². The zero-order valence-electron chi connectivity index (χ0n) is 21.8. The highest BCUT2D eigenvalue weighted by atomic mass is 16.5. The van der Waals surface area contributed by atoms with Gasteiger partial charge in [-0.1, -0.05) is 60.7 Å². The van der Waals surface area contributed by atoms with E-state index in [-0.39, 0.29) is 13.2 Å². The van der Waals surface area contributed by atoms with Gasteiger partial charge in [0, 0.05) is 52.4 Å². The normalized spacial score (nSPS) is 18.1. The van der Waals surface area contributed by atoms with E-state index in [4.69, 9.17) is 9.47 Å². The highest BCUT2D eigenvalue weighted by Crippen LogP contribution is 2.07. The van der Waals surface area contributed by atoms with E-state index in [0.717, 1.165) is 11.1 Å². The molecule has 2 aromatic carbocycles. The molecule has 0 aliphatic carbocycles. The number of rotatable bonds is 12. The number of aliphatic carboxylic acids is 2. The van der Waals surface area contributed by atoms with Crippen LogP contribution in [0.4, 0.5) is 0 Å². The van der Waals surface area contributed by atoms with Crippen LogP contribution in [-0.4, -0.2) is 110 Å². The lowest BCUT2D eigenvalue weighted by molar-refractivity contribution is -0.146. The monoisotopic (exact) mass is 528 g/mol. The van der Waals surface area contributed by atoms with E-state index < -0.39 is 24.0 Å². The third kappa shape index (κ3) is 10.5. The quantitative estimate of drug-likeness (QED) is 0.319. The van der Waals surface area contributed by atoms with Crippen LogP contribution in [0.5, 0.6) is 0 Å². The molecule has 10 nitrogen and oxygen atoms in total. The molecule has 0 aromatic heterocycles. The van der Waals surface area contributed by atoms with Gasteiger partial charge >= 0.3 is 11.9 Å². The van der Waals surface area contributed by atoms with Gasteiger partial charge in [-0.3, -0.25) is 19.4 Å². The van der Waals surface area contributed by atoms with Crippen molar-refractivity contribution in [1.82, 2.24) is 20.4 Å². The second-order valence-electron chi connectivity index (χ2n) is 9.28. The molecular weight excluding hydrogens is 488 g/mol. The van der Waals surface area contributed by atoms with Crippen LogP contribution in [0.2, 0.25) is 0 Å². The van der Waals surface area contributed by atoms with Crippen molar-refractivity contribution in [2.45, 2.75) is 25.3 Å². The summed E-state index contributed by atoms with van der Waals surface area (Å²) in [4.78, 5) is 27.9. The molecule has 208 valence electrons. The summed E-state index contributed by atoms with van der Waals surface area (Å²) in [6.45, 7) is 5.41. The van der Waals surface area contributed by atoms with Crippen LogP contribution in [0.25, 0.3) is 0 Å². The Morgan fingerprint density at radius 2 is 1.00 bits per heavy atom. The lowest BCUT2D eigenvalue weighted by atomic mass is 10.2. The van der Waals surface area contributed by atoms with Crippen LogP contribution < -0.4 is 10.6 Å². The third-order valence-electron chi connectivity index (χ3n) is 6.53. The van der Waals surface area contributed by atoms with E-state index in [1.807, 2.05) is 70.5 Å². The Morgan fingerprint density at radius 3 is 1.32 bits per heavy atom. The number of ether oxygens (including phenoxy) is 2. The molecule has 1 aliphatic heterocycles. The van der Waals surface area contributed by atoms with Crippen molar-refractivity contribution in [3.8, 4) is 0 Å². The van der Waals surface area contributed by atoms with Gasteiger partial charge in [-0.2, -0.15) is 0 Å². The highest BCUT2D eigenvalue weighted by molar-refractivity contribution is 5.74. The van der Waals surface area contributed by atoms with Crippen molar-refractivity contribution < 1.29 is 29.3 Å². The Balaban J connectivity index is 1.48. The summed E-state index contributed by atoms with van der Waals surface area (Å²) in [5, 5.41) is 26.4. The second-order valence-corrected chi connectivity index (χ2v) is 9.28. The van der Waals surface area contributed by atoms with E-state index in [0.29, 0.717) is 65.6 Å². The van der Waals surface area contributed by atoms with Crippen LogP contribution >= 0.6 is 0 Å². The number of carboxylic acids is 2. The first-order valence-electron chi connectivity index (χ1n) is 13.1. The molecule has 2 unspecified atom stereocenters. The van der Waals surface area contributed by atoms with E-state index in [1.165, 1.54) is 0 Å². The first kappa shape index (κ1) is 29.7. The number of carboxylic acid groups (broad SMARTS) is 2. The predicted molar refractivity (Wildman–Crippen MR) is 144 cm³/mol. The predicted octanol–water partition coefficient (Wildman–Crippen LogP) is 1.12. The maximum absolute atomic E-state index is 12.0. The minimum atomic E-state index is -0.906. The maximum Gasteiger partial charge on any atom is 0.323 e. The van der Waals surface area contributed by atoms with Crippen molar-refractivity contribution >= 4 is 11.9 Å². The van der Waals surface area contributed by atoms with Gasteiger partial charge in [0.25, 0.3) is 0 Å². The van der Waals surface area contributed by atoms with Crippen LogP contribution in [0.3, 0.4) is 0 Å². The first-order valence-corrected chi connectivity index (χ1v) is 13.1. The van der Waals surface area contributed by atoms with Crippen LogP contribution in [-0.2, 0) is 32.3 Å². The van der Waals surface area contributed by atoms with E-state index in [2.05, 4.69) is 10.6 Å². The molecule has 10 heteroatoms. The average molecular weight is 529 g/mol. The first-order chi connectivity index (χ1) is 18.5. The molecule has 1 fully saturated rings. The number of nitrogens with zero attached hydrogens (tertiary/aromatic N) is 2. The van der Waals surface area contributed by atoms with Gasteiger partial charge in [0.2, 0.25) is 0 Å². The van der Waals surface area contributed by atoms with Gasteiger partial charge in [-0.05, 0) is 11.1 Å². The molecule has 1 aliphatic rings. The Bertz CT molecular complexity index is 859. The van der Waals surface area contributed by atoms with Gasteiger partial charge in [-0.25, -0.2) is 0 Å². The Hall–Kier alpha value is -2.86. The number of benzene rings is 2. The number of nitrogens with one attached hydrogen (secondary N) is 2. The summed E-state index contributed by atoms with van der Waals surface area (Å²) >= 11 is 0. The molecule has 0 spiro atoms. The van der Waals surface area contributed by atoms with Crippen molar-refractivity contribution in [3.05, 3.63) is 71.8 Å². The van der Waals surface area contributed by atoms with Crippen molar-refractivity contribution in [3.63, 3.8) is 0 Å². The summed E-state index contributed by atoms with van der Waals surface area (Å²) in [6.07, 6.45) is 0. The smallest absolute Gasteiger partial charge is 0.323 e. The summed E-state index contributed by atoms with van der Waals surface area (Å²) in [5.41, 5.74) is 2.01. The fourth-order valence-corrected chi connectivity index (χ4v) is 4.38. The Labute approximate surface area is 224 Å². The van der Waals surface area contributed by atoms with Gasteiger partial charge in [0.05, 0.1) is 26.4 Å². The number of carbonyl (C=O) groups is 2. The lowest BCUT2D eigenvalue weighted by Crippen LogP contribution is -2.52. The second kappa shape index (κ2) is 16.9. The third-order valence-corrected chi connectivity index (χ3v) is 6.53. The molecule has 0 amide bonds. The molecule has 2 atom stereocenters. The molecule has 0 saturated carbocycles. The minimum absolute atomic E-state index is 0.0985. The van der Waals surface area contributed by atoms with Crippen molar-refractivity contribution in [1.29, 1.82) is 0 Å². The van der Waals surface area contributed by atoms with Gasteiger partial charge in [-0.15, -0.1) is 0 Å². The molecule has 0 bridgehead atoms. The van der Waals surface area contributed by atoms with E-state index in [9.17, 15) is 19.8 Å². The molecule has 0 radical (unpaired) electrons. The highest BCUT2D eigenvalue weighted by Gasteiger charge is 2.27. The van der Waals surface area contributed by atoms with Gasteiger partial charge in [0.1, 0.15) is 12.1 Å². The minimum Gasteiger partial charge on any atom is -0.480 e. The summed E-state index contributed by atoms with van der Waals surface area (Å²) < 4.78 is 11.5. The van der Waals surface area contributed by atoms with Crippen LogP contribution in [0, 0.1) is 0 Å². The fraction of sp³-hybridized carbons (Fsp3) is 0.500. The zero-order valence-corrected chi connectivity index (χ0v) is 21.8. The average Bonchev–Trinajstić information content (AvgIpc) is 2.91. The fourth-order valence-electron chi connectivity index (χ4n) is 4.38. The van der Waals surface area contributed by atoms with Crippen molar-refractivity contribution in [2.24, 2.45) is 0 Å². The Kier molecular flexibility index (Phi) is 13.2. The van der Waals surface area contributed by atoms with Crippen molar-refractivity contribution in [2.75, 3.05) is 65.6 Å². The molecule has 38 heavy (non-hydrogen) atoms. The lowest BCUT2D eigenvalue weighted by Gasteiger charge is -2.32. The number of hydrogen-bond acceptors (Lipinski definition) is 8. The van der Waals surface area contributed by atoms with Gasteiger partial charge in [0.15, 0.2) is 0 Å². The largest absolute Gasteiger partial charge is 0.480 e. The molecular formula is C28H40N4O6. The molecule has 2 aromatic rings. The SMILES string of the molecule is O=C(O)C(COCc1ccccc1)N1CCNCCN(C(COCc2ccccc2)C(=O)O)CCNCC1. The van der Waals surface area contributed by atoms with Crippen LogP contribution in [0.15, 0.2) is 60.7 Å². The summed E-state index contributed by atoms with van der Waals surface area (Å²) in [7, 11) is 0. The topological polar surface area (TPSA) is 124 Å². The molecule has 1 saturated heterocycles. The Morgan fingerprint density at radius 1 is 0.658 bits per heavy atom. The summed E-state index contributed by atoms with van der Waals surface area (Å²) in [6, 6.07) is 17.9. The molecule has 1 heterocycles. The standard InChI is InChI=1S/C28H40N4O6/c33-27(34)25(21-37-19-23-7-3-1-4-8-23)31-15-11-29-13-17-32(18-14-30-12-16-31)26(28(35)36)22-38-20-24-9-5-2-6-10-24/h1-10,25-26,29-30H,11-22H2,(H,33,34)(H,35,36). The summed E-state index contributed by atoms with van der Waals surface area (Å²) in [5.74, 6) is -1.81. The maximum atomic E-state index is 12.0. The van der Waals surface area contributed by atoms with E-state index in [1.54, 1.807) is 0 Å². The molecule has 4 N–H and O–H groups in total.